The molecule has 5 nitrogen and oxygen atoms in total. The maximum Gasteiger partial charge on any atom is 0.306 e. The van der Waals surface area contributed by atoms with Crippen LogP contribution in [0.25, 0.3) is 0 Å². The second-order valence-electron chi connectivity index (χ2n) is 4.63. The number of esters is 1. The summed E-state index contributed by atoms with van der Waals surface area (Å²) in [4.78, 5) is 26.9. The normalized spacial score (nSPS) is 15.8. The van der Waals surface area contributed by atoms with Crippen molar-refractivity contribution in [2.45, 2.75) is 19.3 Å². The average Bonchev–Trinajstić information content (AvgIpc) is 2.94. The highest BCUT2D eigenvalue weighted by molar-refractivity contribution is 8.00. The molecule has 1 aliphatic rings. The van der Waals surface area contributed by atoms with Gasteiger partial charge in [-0.25, -0.2) is 4.98 Å². The molecule has 7 heteroatoms. The van der Waals surface area contributed by atoms with Gasteiger partial charge in [0.1, 0.15) is 0 Å². The van der Waals surface area contributed by atoms with Gasteiger partial charge in [-0.05, 0) is 24.0 Å². The third-order valence-electron chi connectivity index (χ3n) is 3.02. The van der Waals surface area contributed by atoms with Crippen LogP contribution in [0.3, 0.4) is 0 Å². The number of thioether (sulfide) groups is 1. The number of rotatable bonds is 7. The maximum absolute atomic E-state index is 11.6. The number of aromatic nitrogens is 1. The molecule has 0 saturated heterocycles. The lowest BCUT2D eigenvalue weighted by atomic mass is 10.1. The molecule has 2 rings (SSSR count). The van der Waals surface area contributed by atoms with Gasteiger partial charge in [-0.1, -0.05) is 0 Å². The number of nitrogens with one attached hydrogen (secondary N) is 1. The maximum atomic E-state index is 11.6. The molecule has 104 valence electrons. The molecule has 1 N–H and O–H groups in total. The van der Waals surface area contributed by atoms with E-state index in [1.54, 1.807) is 18.0 Å². The fourth-order valence-electron chi connectivity index (χ4n) is 1.73. The van der Waals surface area contributed by atoms with E-state index >= 15 is 0 Å². The third-order valence-corrected chi connectivity index (χ3v) is 5.00. The van der Waals surface area contributed by atoms with Crippen molar-refractivity contribution in [2.75, 3.05) is 23.9 Å². The van der Waals surface area contributed by atoms with Gasteiger partial charge >= 0.3 is 5.97 Å². The molecule has 1 fully saturated rings. The standard InChI is InChI=1S/C12H16N2O3S2/c1-17-10(16)6-12(2-3-12)8-18-7-9(15)14-11-13-4-5-19-11/h4-5H,2-3,6-8H2,1H3,(H,13,14,15). The molecule has 1 aromatic rings. The van der Waals surface area contributed by atoms with Crippen molar-refractivity contribution in [1.82, 2.24) is 4.98 Å². The summed E-state index contributed by atoms with van der Waals surface area (Å²) in [6.07, 6.45) is 4.21. The third kappa shape index (κ3) is 4.50. The first-order valence-corrected chi connectivity index (χ1v) is 8.01. The minimum atomic E-state index is -0.162. The molecule has 1 saturated carbocycles. The molecule has 1 heterocycles. The van der Waals surface area contributed by atoms with Crippen molar-refractivity contribution in [3.63, 3.8) is 0 Å². The Hall–Kier alpha value is -1.08. The highest BCUT2D eigenvalue weighted by atomic mass is 32.2. The van der Waals surface area contributed by atoms with E-state index in [1.165, 1.54) is 18.4 Å². The van der Waals surface area contributed by atoms with Gasteiger partial charge in [0.25, 0.3) is 0 Å². The first-order chi connectivity index (χ1) is 9.13. The predicted octanol–water partition coefficient (Wildman–Crippen LogP) is 2.16. The van der Waals surface area contributed by atoms with Crippen LogP contribution in [0, 0.1) is 5.41 Å². The number of anilines is 1. The summed E-state index contributed by atoms with van der Waals surface area (Å²) in [7, 11) is 1.41. The van der Waals surface area contributed by atoms with E-state index in [4.69, 9.17) is 0 Å². The number of thiazole rings is 1. The zero-order valence-electron chi connectivity index (χ0n) is 10.7. The number of hydrogen-bond acceptors (Lipinski definition) is 6. The molecule has 0 unspecified atom stereocenters. The Morgan fingerprint density at radius 2 is 2.37 bits per heavy atom. The summed E-state index contributed by atoms with van der Waals surface area (Å²) in [6, 6.07) is 0. The lowest BCUT2D eigenvalue weighted by Crippen LogP contribution is -2.17. The van der Waals surface area contributed by atoms with Crippen LogP contribution in [0.5, 0.6) is 0 Å². The lowest BCUT2D eigenvalue weighted by molar-refractivity contribution is -0.141. The average molecular weight is 300 g/mol. The summed E-state index contributed by atoms with van der Waals surface area (Å²) in [5.41, 5.74) is 0.0687. The van der Waals surface area contributed by atoms with E-state index in [0.717, 1.165) is 18.6 Å². The Labute approximate surface area is 120 Å². The monoisotopic (exact) mass is 300 g/mol. The molecule has 0 atom stereocenters. The van der Waals surface area contributed by atoms with Crippen LogP contribution in [0.2, 0.25) is 0 Å². The second-order valence-corrected chi connectivity index (χ2v) is 6.51. The quantitative estimate of drug-likeness (QED) is 0.782. The van der Waals surface area contributed by atoms with Crippen molar-refractivity contribution in [1.29, 1.82) is 0 Å². The zero-order chi connectivity index (χ0) is 13.7. The van der Waals surface area contributed by atoms with Gasteiger partial charge < -0.3 is 10.1 Å². The van der Waals surface area contributed by atoms with Gasteiger partial charge in [-0.15, -0.1) is 11.3 Å². The number of amides is 1. The predicted molar refractivity (Wildman–Crippen MR) is 76.4 cm³/mol. The molecular weight excluding hydrogens is 284 g/mol. The molecule has 1 amide bonds. The number of carbonyl (C=O) groups is 2. The minimum absolute atomic E-state index is 0.0474. The smallest absolute Gasteiger partial charge is 0.306 e. The number of nitrogens with zero attached hydrogens (tertiary/aromatic N) is 1. The van der Waals surface area contributed by atoms with E-state index in [2.05, 4.69) is 15.0 Å². The Bertz CT molecular complexity index is 444. The molecular formula is C12H16N2O3S2. The Kier molecular flexibility index (Phi) is 4.81. The Balaban J connectivity index is 1.66. The minimum Gasteiger partial charge on any atom is -0.469 e. The van der Waals surface area contributed by atoms with Crippen LogP contribution < -0.4 is 5.32 Å². The molecule has 19 heavy (non-hydrogen) atoms. The molecule has 0 spiro atoms. The number of carbonyl (C=O) groups excluding carboxylic acids is 2. The van der Waals surface area contributed by atoms with Crippen LogP contribution in [-0.2, 0) is 14.3 Å². The zero-order valence-corrected chi connectivity index (χ0v) is 12.3. The number of hydrogen-bond donors (Lipinski definition) is 1. The summed E-state index contributed by atoms with van der Waals surface area (Å²) in [6.45, 7) is 0. The van der Waals surface area contributed by atoms with Gasteiger partial charge in [-0.2, -0.15) is 11.8 Å². The molecule has 0 bridgehead atoms. The van der Waals surface area contributed by atoms with Crippen LogP contribution in [0.15, 0.2) is 11.6 Å². The topological polar surface area (TPSA) is 68.3 Å². The second kappa shape index (κ2) is 6.38. The van der Waals surface area contributed by atoms with Gasteiger partial charge in [0.05, 0.1) is 19.3 Å². The van der Waals surface area contributed by atoms with Crippen LogP contribution in [0.4, 0.5) is 5.13 Å². The van der Waals surface area contributed by atoms with Crippen molar-refractivity contribution in [2.24, 2.45) is 5.41 Å². The van der Waals surface area contributed by atoms with E-state index < -0.39 is 0 Å². The summed E-state index contributed by atoms with van der Waals surface area (Å²) in [5.74, 6) is 1.01. The van der Waals surface area contributed by atoms with E-state index in [0.29, 0.717) is 17.3 Å². The van der Waals surface area contributed by atoms with Gasteiger partial charge in [0.2, 0.25) is 5.91 Å². The molecule has 0 radical (unpaired) electrons. The van der Waals surface area contributed by atoms with E-state index in [1.807, 2.05) is 5.38 Å². The summed E-state index contributed by atoms with van der Waals surface area (Å²) >= 11 is 2.96. The van der Waals surface area contributed by atoms with Crippen LogP contribution >= 0.6 is 23.1 Å². The number of ether oxygens (including phenoxy) is 1. The van der Waals surface area contributed by atoms with Crippen LogP contribution in [-0.4, -0.2) is 35.5 Å². The van der Waals surface area contributed by atoms with Crippen molar-refractivity contribution in [3.8, 4) is 0 Å². The first kappa shape index (κ1) is 14.3. The van der Waals surface area contributed by atoms with Crippen LogP contribution in [0.1, 0.15) is 19.3 Å². The van der Waals surface area contributed by atoms with Crippen molar-refractivity contribution in [3.05, 3.63) is 11.6 Å². The SMILES string of the molecule is COC(=O)CC1(CSCC(=O)Nc2nccs2)CC1. The number of methoxy groups -OCH3 is 1. The highest BCUT2D eigenvalue weighted by Gasteiger charge is 2.44. The molecule has 0 aromatic carbocycles. The van der Waals surface area contributed by atoms with Gasteiger partial charge in [-0.3, -0.25) is 9.59 Å². The summed E-state index contributed by atoms with van der Waals surface area (Å²) in [5, 5.41) is 5.18. The van der Waals surface area contributed by atoms with Gasteiger partial charge in [0, 0.05) is 11.6 Å². The molecule has 1 aromatic heterocycles. The van der Waals surface area contributed by atoms with Gasteiger partial charge in [0.15, 0.2) is 5.13 Å². The molecule has 0 aliphatic heterocycles. The Morgan fingerprint density at radius 1 is 1.58 bits per heavy atom. The lowest BCUT2D eigenvalue weighted by Gasteiger charge is -2.12. The van der Waals surface area contributed by atoms with E-state index in [9.17, 15) is 9.59 Å². The highest BCUT2D eigenvalue weighted by Crippen LogP contribution is 2.51. The van der Waals surface area contributed by atoms with E-state index in [-0.39, 0.29) is 17.3 Å². The van der Waals surface area contributed by atoms with Crippen molar-refractivity contribution >= 4 is 40.1 Å². The van der Waals surface area contributed by atoms with Crippen molar-refractivity contribution < 1.29 is 14.3 Å². The largest absolute Gasteiger partial charge is 0.469 e. The first-order valence-electron chi connectivity index (χ1n) is 5.97. The molecule has 1 aliphatic carbocycles. The summed E-state index contributed by atoms with van der Waals surface area (Å²) < 4.78 is 4.69. The fourth-order valence-corrected chi connectivity index (χ4v) is 3.46. The Morgan fingerprint density at radius 3 is 2.95 bits per heavy atom. The fraction of sp³-hybridized carbons (Fsp3) is 0.583.